The van der Waals surface area contributed by atoms with Crippen LogP contribution >= 0.6 is 11.3 Å². The predicted octanol–water partition coefficient (Wildman–Crippen LogP) is 5.28. The lowest BCUT2D eigenvalue weighted by molar-refractivity contribution is 0.103. The molecule has 2 nitrogen and oxygen atoms in total. The molecule has 0 radical (unpaired) electrons. The summed E-state index contributed by atoms with van der Waals surface area (Å²) in [7, 11) is 0. The second-order valence-corrected chi connectivity index (χ2v) is 6.20. The number of carbonyl (C=O) groups is 1. The number of nitrogens with one attached hydrogen (secondary N) is 1. The van der Waals surface area contributed by atoms with Crippen molar-refractivity contribution < 1.29 is 4.79 Å². The van der Waals surface area contributed by atoms with Crippen molar-refractivity contribution in [2.24, 2.45) is 0 Å². The largest absolute Gasteiger partial charge is 0.321 e. The lowest BCUT2D eigenvalue weighted by atomic mass is 10.1. The Hall–Kier alpha value is -2.39. The zero-order valence-corrected chi connectivity index (χ0v) is 13.4. The highest BCUT2D eigenvalue weighted by molar-refractivity contribution is 7.12. The van der Waals surface area contributed by atoms with E-state index in [-0.39, 0.29) is 5.91 Å². The van der Waals surface area contributed by atoms with Crippen LogP contribution in [0.15, 0.2) is 60.0 Å². The minimum absolute atomic E-state index is 0.0582. The normalized spacial score (nSPS) is 10.5. The Labute approximate surface area is 134 Å². The molecule has 0 aliphatic rings. The van der Waals surface area contributed by atoms with E-state index in [2.05, 4.69) is 12.2 Å². The number of hydrogen-bond acceptors (Lipinski definition) is 2. The van der Waals surface area contributed by atoms with Gasteiger partial charge in [0.25, 0.3) is 5.91 Å². The molecule has 110 valence electrons. The van der Waals surface area contributed by atoms with Crippen LogP contribution in [0.25, 0.3) is 11.1 Å². The van der Waals surface area contributed by atoms with Crippen LogP contribution in [-0.2, 0) is 0 Å². The number of amides is 1. The molecule has 0 spiro atoms. The first-order valence-corrected chi connectivity index (χ1v) is 8.04. The molecule has 0 unspecified atom stereocenters. The van der Waals surface area contributed by atoms with Gasteiger partial charge >= 0.3 is 0 Å². The Balaban J connectivity index is 1.87. The molecular formula is C19H17NOS. The standard InChI is InChI=1S/C19H17NOS/c1-13-8-9-16(12-14(13)2)20-19(21)18-17(10-11-22-18)15-6-4-3-5-7-15/h3-12H,1-2H3,(H,20,21). The summed E-state index contributed by atoms with van der Waals surface area (Å²) in [5.41, 5.74) is 5.27. The van der Waals surface area contributed by atoms with E-state index < -0.39 is 0 Å². The van der Waals surface area contributed by atoms with E-state index in [1.165, 1.54) is 22.5 Å². The van der Waals surface area contributed by atoms with Crippen molar-refractivity contribution in [1.29, 1.82) is 0 Å². The molecule has 1 aromatic heterocycles. The number of aryl methyl sites for hydroxylation is 2. The van der Waals surface area contributed by atoms with Gasteiger partial charge in [-0.05, 0) is 54.1 Å². The van der Waals surface area contributed by atoms with Crippen molar-refractivity contribution >= 4 is 22.9 Å². The molecule has 0 saturated heterocycles. The molecule has 3 aromatic rings. The predicted molar refractivity (Wildman–Crippen MR) is 93.6 cm³/mol. The Bertz CT molecular complexity index is 805. The fourth-order valence-electron chi connectivity index (χ4n) is 2.34. The molecule has 0 aliphatic heterocycles. The fraction of sp³-hybridized carbons (Fsp3) is 0.105. The SMILES string of the molecule is Cc1ccc(NC(=O)c2sccc2-c2ccccc2)cc1C. The summed E-state index contributed by atoms with van der Waals surface area (Å²) in [6, 6.07) is 18.0. The van der Waals surface area contributed by atoms with Gasteiger partial charge < -0.3 is 5.32 Å². The fourth-order valence-corrected chi connectivity index (χ4v) is 3.15. The maximum absolute atomic E-state index is 12.6. The van der Waals surface area contributed by atoms with Gasteiger partial charge in [0.15, 0.2) is 0 Å². The highest BCUT2D eigenvalue weighted by Gasteiger charge is 2.14. The van der Waals surface area contributed by atoms with Crippen molar-refractivity contribution in [3.05, 3.63) is 76.0 Å². The lowest BCUT2D eigenvalue weighted by Crippen LogP contribution is -2.11. The zero-order chi connectivity index (χ0) is 15.5. The summed E-state index contributed by atoms with van der Waals surface area (Å²) < 4.78 is 0. The first-order chi connectivity index (χ1) is 10.6. The molecule has 3 heteroatoms. The number of rotatable bonds is 3. The highest BCUT2D eigenvalue weighted by atomic mass is 32.1. The van der Waals surface area contributed by atoms with Crippen LogP contribution in [0.3, 0.4) is 0 Å². The molecule has 22 heavy (non-hydrogen) atoms. The number of carbonyl (C=O) groups excluding carboxylic acids is 1. The van der Waals surface area contributed by atoms with E-state index in [9.17, 15) is 4.79 Å². The summed E-state index contributed by atoms with van der Waals surface area (Å²) in [6.07, 6.45) is 0. The van der Waals surface area contributed by atoms with Crippen LogP contribution in [0.4, 0.5) is 5.69 Å². The lowest BCUT2D eigenvalue weighted by Gasteiger charge is -2.08. The summed E-state index contributed by atoms with van der Waals surface area (Å²) in [4.78, 5) is 13.3. The van der Waals surface area contributed by atoms with Crippen LogP contribution in [0.1, 0.15) is 20.8 Å². The molecule has 1 heterocycles. The van der Waals surface area contributed by atoms with Crippen molar-refractivity contribution in [2.75, 3.05) is 5.32 Å². The molecule has 3 rings (SSSR count). The Morgan fingerprint density at radius 1 is 0.955 bits per heavy atom. The van der Waals surface area contributed by atoms with Gasteiger partial charge in [-0.25, -0.2) is 0 Å². The Kier molecular flexibility index (Phi) is 4.07. The van der Waals surface area contributed by atoms with E-state index in [4.69, 9.17) is 0 Å². The third-order valence-electron chi connectivity index (χ3n) is 3.72. The second-order valence-electron chi connectivity index (χ2n) is 5.28. The van der Waals surface area contributed by atoms with Gasteiger partial charge in [-0.2, -0.15) is 0 Å². The quantitative estimate of drug-likeness (QED) is 0.700. The van der Waals surface area contributed by atoms with Gasteiger partial charge in [-0.1, -0.05) is 36.4 Å². The van der Waals surface area contributed by atoms with E-state index in [1.807, 2.05) is 66.9 Å². The van der Waals surface area contributed by atoms with Crippen molar-refractivity contribution in [3.8, 4) is 11.1 Å². The Morgan fingerprint density at radius 3 is 2.45 bits per heavy atom. The zero-order valence-electron chi connectivity index (χ0n) is 12.6. The third kappa shape index (κ3) is 2.95. The number of anilines is 1. The molecule has 0 saturated carbocycles. The smallest absolute Gasteiger partial charge is 0.266 e. The van der Waals surface area contributed by atoms with Gasteiger partial charge in [-0.3, -0.25) is 4.79 Å². The number of hydrogen-bond donors (Lipinski definition) is 1. The molecule has 0 fully saturated rings. The van der Waals surface area contributed by atoms with Crippen molar-refractivity contribution in [2.45, 2.75) is 13.8 Å². The molecular weight excluding hydrogens is 290 g/mol. The monoisotopic (exact) mass is 307 g/mol. The molecule has 0 aliphatic carbocycles. The molecule has 0 atom stereocenters. The highest BCUT2D eigenvalue weighted by Crippen LogP contribution is 2.29. The van der Waals surface area contributed by atoms with E-state index in [1.54, 1.807) is 0 Å². The van der Waals surface area contributed by atoms with Gasteiger partial charge in [0.2, 0.25) is 0 Å². The average Bonchev–Trinajstić information content (AvgIpc) is 3.01. The van der Waals surface area contributed by atoms with Gasteiger partial charge in [0.05, 0.1) is 4.88 Å². The molecule has 1 amide bonds. The third-order valence-corrected chi connectivity index (χ3v) is 4.63. The minimum atomic E-state index is -0.0582. The van der Waals surface area contributed by atoms with Gasteiger partial charge in [0, 0.05) is 11.3 Å². The van der Waals surface area contributed by atoms with Crippen LogP contribution in [0.2, 0.25) is 0 Å². The topological polar surface area (TPSA) is 29.1 Å². The summed E-state index contributed by atoms with van der Waals surface area (Å²) in [5.74, 6) is -0.0582. The minimum Gasteiger partial charge on any atom is -0.321 e. The second kappa shape index (κ2) is 6.16. The van der Waals surface area contributed by atoms with Crippen LogP contribution in [-0.4, -0.2) is 5.91 Å². The van der Waals surface area contributed by atoms with E-state index >= 15 is 0 Å². The molecule has 2 aromatic carbocycles. The maximum atomic E-state index is 12.6. The maximum Gasteiger partial charge on any atom is 0.266 e. The summed E-state index contributed by atoms with van der Waals surface area (Å²) in [6.45, 7) is 4.11. The van der Waals surface area contributed by atoms with Crippen LogP contribution in [0.5, 0.6) is 0 Å². The average molecular weight is 307 g/mol. The van der Waals surface area contributed by atoms with Crippen molar-refractivity contribution in [3.63, 3.8) is 0 Å². The Morgan fingerprint density at radius 2 is 1.73 bits per heavy atom. The first-order valence-electron chi connectivity index (χ1n) is 7.16. The van der Waals surface area contributed by atoms with Gasteiger partial charge in [0.1, 0.15) is 0 Å². The van der Waals surface area contributed by atoms with Crippen LogP contribution in [0, 0.1) is 13.8 Å². The number of thiophene rings is 1. The first kappa shape index (κ1) is 14.5. The molecule has 1 N–H and O–H groups in total. The van der Waals surface area contributed by atoms with Crippen molar-refractivity contribution in [1.82, 2.24) is 0 Å². The van der Waals surface area contributed by atoms with E-state index in [0.29, 0.717) is 0 Å². The van der Waals surface area contributed by atoms with Crippen LogP contribution < -0.4 is 5.32 Å². The molecule has 0 bridgehead atoms. The van der Waals surface area contributed by atoms with E-state index in [0.717, 1.165) is 21.7 Å². The number of benzene rings is 2. The summed E-state index contributed by atoms with van der Waals surface area (Å²) in [5, 5.41) is 4.95. The van der Waals surface area contributed by atoms with Gasteiger partial charge in [-0.15, -0.1) is 11.3 Å². The summed E-state index contributed by atoms with van der Waals surface area (Å²) >= 11 is 1.47.